The molecule has 0 saturated heterocycles. The van der Waals surface area contributed by atoms with E-state index < -0.39 is 6.10 Å². The lowest BCUT2D eigenvalue weighted by atomic mass is 9.98. The van der Waals surface area contributed by atoms with Gasteiger partial charge in [0.15, 0.2) is 0 Å². The summed E-state index contributed by atoms with van der Waals surface area (Å²) in [6.07, 6.45) is -0.0863. The Hall–Kier alpha value is -1.19. The molecule has 100 valence electrons. The zero-order valence-electron chi connectivity index (χ0n) is 11.0. The number of rotatable bonds is 3. The van der Waals surface area contributed by atoms with Crippen LogP contribution in [0.3, 0.4) is 0 Å². The zero-order chi connectivity index (χ0) is 14.0. The molecule has 1 atom stereocenters. The SMILES string of the molecule is Cc1cc(C(O)Cc2ccc(Br)cc2)cc(C)c1F. The van der Waals surface area contributed by atoms with E-state index in [9.17, 15) is 9.50 Å². The topological polar surface area (TPSA) is 20.2 Å². The molecule has 3 heteroatoms. The number of aliphatic hydroxyl groups is 1. The van der Waals surface area contributed by atoms with Gasteiger partial charge in [0, 0.05) is 10.9 Å². The summed E-state index contributed by atoms with van der Waals surface area (Å²) in [5.74, 6) is -0.195. The molecule has 0 spiro atoms. The third kappa shape index (κ3) is 3.43. The molecule has 2 aromatic carbocycles. The average molecular weight is 323 g/mol. The molecule has 0 saturated carbocycles. The Balaban J connectivity index is 2.20. The number of hydrogen-bond acceptors (Lipinski definition) is 1. The molecule has 0 fully saturated rings. The van der Waals surface area contributed by atoms with Gasteiger partial charge >= 0.3 is 0 Å². The quantitative estimate of drug-likeness (QED) is 0.883. The van der Waals surface area contributed by atoms with Crippen LogP contribution in [0.25, 0.3) is 0 Å². The van der Waals surface area contributed by atoms with E-state index in [1.165, 1.54) is 0 Å². The molecular weight excluding hydrogens is 307 g/mol. The van der Waals surface area contributed by atoms with Crippen molar-refractivity contribution in [1.82, 2.24) is 0 Å². The van der Waals surface area contributed by atoms with Crippen molar-refractivity contribution >= 4 is 15.9 Å². The van der Waals surface area contributed by atoms with Gasteiger partial charge in [-0.25, -0.2) is 4.39 Å². The summed E-state index contributed by atoms with van der Waals surface area (Å²) in [5, 5.41) is 10.2. The van der Waals surface area contributed by atoms with Crippen molar-refractivity contribution in [3.8, 4) is 0 Å². The summed E-state index contributed by atoms with van der Waals surface area (Å²) in [6.45, 7) is 3.44. The molecule has 0 heterocycles. The van der Waals surface area contributed by atoms with Gasteiger partial charge in [-0.15, -0.1) is 0 Å². The highest BCUT2D eigenvalue weighted by Gasteiger charge is 2.12. The highest BCUT2D eigenvalue weighted by Crippen LogP contribution is 2.23. The second-order valence-electron chi connectivity index (χ2n) is 4.82. The molecule has 0 aliphatic heterocycles. The molecule has 2 rings (SSSR count). The van der Waals surface area contributed by atoms with E-state index in [4.69, 9.17) is 0 Å². The van der Waals surface area contributed by atoms with Crippen molar-refractivity contribution in [2.24, 2.45) is 0 Å². The smallest absolute Gasteiger partial charge is 0.129 e. The van der Waals surface area contributed by atoms with Crippen molar-refractivity contribution in [2.75, 3.05) is 0 Å². The van der Waals surface area contributed by atoms with Crippen LogP contribution in [0, 0.1) is 19.7 Å². The van der Waals surface area contributed by atoms with Crippen LogP contribution in [0.1, 0.15) is 28.4 Å². The fraction of sp³-hybridized carbons (Fsp3) is 0.250. The maximum absolute atomic E-state index is 13.6. The van der Waals surface area contributed by atoms with Crippen LogP contribution in [0.15, 0.2) is 40.9 Å². The van der Waals surface area contributed by atoms with Gasteiger partial charge in [-0.2, -0.15) is 0 Å². The molecular formula is C16H16BrFO. The number of benzene rings is 2. The second kappa shape index (κ2) is 5.85. The van der Waals surface area contributed by atoms with Gasteiger partial charge in [0.1, 0.15) is 5.82 Å². The Bertz CT molecular complexity index is 555. The molecule has 1 nitrogen and oxygen atoms in total. The maximum atomic E-state index is 13.6. The molecule has 1 unspecified atom stereocenters. The molecule has 0 aromatic heterocycles. The van der Waals surface area contributed by atoms with Crippen molar-refractivity contribution in [2.45, 2.75) is 26.4 Å². The minimum absolute atomic E-state index is 0.195. The van der Waals surface area contributed by atoms with Gasteiger partial charge in [-0.05, 0) is 48.2 Å². The normalized spacial score (nSPS) is 12.5. The third-order valence-electron chi connectivity index (χ3n) is 3.19. The predicted molar refractivity (Wildman–Crippen MR) is 78.7 cm³/mol. The molecule has 0 aliphatic carbocycles. The number of halogens is 2. The number of aryl methyl sites for hydroxylation is 2. The Morgan fingerprint density at radius 1 is 1.11 bits per heavy atom. The van der Waals surface area contributed by atoms with Crippen LogP contribution in [-0.4, -0.2) is 5.11 Å². The van der Waals surface area contributed by atoms with Gasteiger partial charge in [-0.1, -0.05) is 40.2 Å². The number of hydrogen-bond donors (Lipinski definition) is 1. The minimum Gasteiger partial charge on any atom is -0.388 e. The lowest BCUT2D eigenvalue weighted by Crippen LogP contribution is -2.04. The third-order valence-corrected chi connectivity index (χ3v) is 3.71. The van der Waals surface area contributed by atoms with E-state index in [0.29, 0.717) is 17.5 Å². The Labute approximate surface area is 121 Å². The van der Waals surface area contributed by atoms with Gasteiger partial charge in [0.25, 0.3) is 0 Å². The van der Waals surface area contributed by atoms with Gasteiger partial charge in [0.2, 0.25) is 0 Å². The zero-order valence-corrected chi connectivity index (χ0v) is 12.5. The van der Waals surface area contributed by atoms with Gasteiger partial charge in [-0.3, -0.25) is 0 Å². The Kier molecular flexibility index (Phi) is 4.38. The fourth-order valence-corrected chi connectivity index (χ4v) is 2.40. The average Bonchev–Trinajstić information content (AvgIpc) is 2.38. The van der Waals surface area contributed by atoms with Crippen LogP contribution in [0.2, 0.25) is 0 Å². The second-order valence-corrected chi connectivity index (χ2v) is 5.73. The van der Waals surface area contributed by atoms with E-state index in [-0.39, 0.29) is 5.82 Å². The lowest BCUT2D eigenvalue weighted by molar-refractivity contribution is 0.178. The summed E-state index contributed by atoms with van der Waals surface area (Å²) >= 11 is 3.38. The fourth-order valence-electron chi connectivity index (χ4n) is 2.13. The largest absolute Gasteiger partial charge is 0.388 e. The highest BCUT2D eigenvalue weighted by molar-refractivity contribution is 9.10. The van der Waals surface area contributed by atoms with Crippen molar-refractivity contribution in [3.05, 3.63) is 68.9 Å². The number of aliphatic hydroxyl groups excluding tert-OH is 1. The van der Waals surface area contributed by atoms with Crippen molar-refractivity contribution in [1.29, 1.82) is 0 Å². The summed E-state index contributed by atoms with van der Waals surface area (Å²) in [6, 6.07) is 11.3. The monoisotopic (exact) mass is 322 g/mol. The standard InChI is InChI=1S/C16H16BrFO/c1-10-7-13(8-11(2)16(10)18)15(19)9-12-3-5-14(17)6-4-12/h3-8,15,19H,9H2,1-2H3. The van der Waals surface area contributed by atoms with E-state index in [1.807, 2.05) is 24.3 Å². The van der Waals surface area contributed by atoms with Crippen LogP contribution < -0.4 is 0 Å². The molecule has 2 aromatic rings. The van der Waals surface area contributed by atoms with E-state index in [1.54, 1.807) is 26.0 Å². The lowest BCUT2D eigenvalue weighted by Gasteiger charge is -2.14. The van der Waals surface area contributed by atoms with E-state index in [2.05, 4.69) is 15.9 Å². The Morgan fingerprint density at radius 2 is 1.63 bits per heavy atom. The first-order valence-corrected chi connectivity index (χ1v) is 6.96. The minimum atomic E-state index is -0.612. The highest BCUT2D eigenvalue weighted by atomic mass is 79.9. The molecule has 0 bridgehead atoms. The molecule has 19 heavy (non-hydrogen) atoms. The summed E-state index contributed by atoms with van der Waals surface area (Å²) in [4.78, 5) is 0. The van der Waals surface area contributed by atoms with Gasteiger partial charge in [0.05, 0.1) is 6.10 Å². The summed E-state index contributed by atoms with van der Waals surface area (Å²) in [5.41, 5.74) is 2.96. The first-order chi connectivity index (χ1) is 8.97. The molecule has 1 N–H and O–H groups in total. The predicted octanol–water partition coefficient (Wildman–Crippen LogP) is 4.48. The maximum Gasteiger partial charge on any atom is 0.129 e. The van der Waals surface area contributed by atoms with Crippen LogP contribution in [-0.2, 0) is 6.42 Å². The molecule has 0 radical (unpaired) electrons. The summed E-state index contributed by atoms with van der Waals surface area (Å²) in [7, 11) is 0. The van der Waals surface area contributed by atoms with E-state index >= 15 is 0 Å². The Morgan fingerprint density at radius 3 is 2.16 bits per heavy atom. The molecule has 0 amide bonds. The van der Waals surface area contributed by atoms with Crippen LogP contribution in [0.4, 0.5) is 4.39 Å². The first kappa shape index (κ1) is 14.2. The van der Waals surface area contributed by atoms with E-state index in [0.717, 1.165) is 15.6 Å². The molecule has 0 aliphatic rings. The first-order valence-electron chi connectivity index (χ1n) is 6.16. The summed E-state index contributed by atoms with van der Waals surface area (Å²) < 4.78 is 14.6. The van der Waals surface area contributed by atoms with Gasteiger partial charge < -0.3 is 5.11 Å². The van der Waals surface area contributed by atoms with Crippen molar-refractivity contribution < 1.29 is 9.50 Å². The van der Waals surface area contributed by atoms with Crippen molar-refractivity contribution in [3.63, 3.8) is 0 Å². The van der Waals surface area contributed by atoms with Crippen LogP contribution >= 0.6 is 15.9 Å². The van der Waals surface area contributed by atoms with Crippen LogP contribution in [0.5, 0.6) is 0 Å².